The van der Waals surface area contributed by atoms with Crippen molar-refractivity contribution in [3.63, 3.8) is 0 Å². The molecule has 0 radical (unpaired) electrons. The second-order valence-electron chi connectivity index (χ2n) is 3.89. The summed E-state index contributed by atoms with van der Waals surface area (Å²) >= 11 is 0. The molecule has 1 atom stereocenters. The molecule has 0 amide bonds. The molecule has 3 heteroatoms. The van der Waals surface area contributed by atoms with Crippen LogP contribution in [0.1, 0.15) is 24.3 Å². The number of methoxy groups -OCH3 is 1. The van der Waals surface area contributed by atoms with Gasteiger partial charge in [0, 0.05) is 12.0 Å². The van der Waals surface area contributed by atoms with Gasteiger partial charge in [0.15, 0.2) is 0 Å². The van der Waals surface area contributed by atoms with E-state index in [0.717, 1.165) is 19.1 Å². The molecule has 0 saturated heterocycles. The normalized spacial score (nSPS) is 17.2. The predicted octanol–water partition coefficient (Wildman–Crippen LogP) is 2.53. The minimum atomic E-state index is -0.349. The van der Waals surface area contributed by atoms with Crippen molar-refractivity contribution in [1.82, 2.24) is 0 Å². The molecular weight excluding hydrogens is 195 g/mol. The molecule has 1 aromatic carbocycles. The highest BCUT2D eigenvalue weighted by Crippen LogP contribution is 2.42. The van der Waals surface area contributed by atoms with Crippen LogP contribution in [-0.2, 0) is 4.79 Å². The summed E-state index contributed by atoms with van der Waals surface area (Å²) in [5, 5.41) is 0. The lowest BCUT2D eigenvalue weighted by Crippen LogP contribution is -2.05. The molecule has 15 heavy (non-hydrogen) atoms. The lowest BCUT2D eigenvalue weighted by molar-refractivity contribution is -0.109. The van der Waals surface area contributed by atoms with Gasteiger partial charge in [0.25, 0.3) is 0 Å². The van der Waals surface area contributed by atoms with Crippen LogP contribution in [0.3, 0.4) is 0 Å². The standard InChI is InChI=1S/C12H13FO2/c1-15-9-4-5-10(12(13)6-9)11(7-14)8-2-3-8/h4-8,11H,2-3H2,1H3. The first-order chi connectivity index (χ1) is 7.26. The van der Waals surface area contributed by atoms with E-state index >= 15 is 0 Å². The fourth-order valence-electron chi connectivity index (χ4n) is 1.80. The van der Waals surface area contributed by atoms with Gasteiger partial charge >= 0.3 is 0 Å². The van der Waals surface area contributed by atoms with E-state index in [9.17, 15) is 9.18 Å². The summed E-state index contributed by atoms with van der Waals surface area (Å²) in [6, 6.07) is 4.66. The molecule has 1 aromatic rings. The van der Waals surface area contributed by atoms with Crippen molar-refractivity contribution in [1.29, 1.82) is 0 Å². The van der Waals surface area contributed by atoms with Crippen LogP contribution in [0.2, 0.25) is 0 Å². The maximum Gasteiger partial charge on any atom is 0.130 e. The molecule has 80 valence electrons. The zero-order valence-corrected chi connectivity index (χ0v) is 8.57. The van der Waals surface area contributed by atoms with Crippen LogP contribution in [0.4, 0.5) is 4.39 Å². The minimum absolute atomic E-state index is 0.282. The highest BCUT2D eigenvalue weighted by Gasteiger charge is 2.33. The third kappa shape index (κ3) is 2.01. The van der Waals surface area contributed by atoms with Crippen LogP contribution >= 0.6 is 0 Å². The molecule has 0 aliphatic heterocycles. The number of benzene rings is 1. The maximum absolute atomic E-state index is 13.6. The molecule has 1 unspecified atom stereocenters. The zero-order chi connectivity index (χ0) is 10.8. The Morgan fingerprint density at radius 3 is 2.73 bits per heavy atom. The fourth-order valence-corrected chi connectivity index (χ4v) is 1.80. The number of ether oxygens (including phenoxy) is 1. The van der Waals surface area contributed by atoms with Crippen LogP contribution in [0.15, 0.2) is 18.2 Å². The van der Waals surface area contributed by atoms with Crippen LogP contribution < -0.4 is 4.74 Å². The Hall–Kier alpha value is -1.38. The van der Waals surface area contributed by atoms with Crippen LogP contribution in [0, 0.1) is 11.7 Å². The lowest BCUT2D eigenvalue weighted by atomic mass is 9.95. The van der Waals surface area contributed by atoms with Crippen molar-refractivity contribution < 1.29 is 13.9 Å². The second kappa shape index (κ2) is 4.01. The van der Waals surface area contributed by atoms with E-state index in [1.54, 1.807) is 12.1 Å². The number of aldehydes is 1. The Labute approximate surface area is 88.1 Å². The highest BCUT2D eigenvalue weighted by atomic mass is 19.1. The molecule has 1 aliphatic carbocycles. The number of hydrogen-bond acceptors (Lipinski definition) is 2. The highest BCUT2D eigenvalue weighted by molar-refractivity contribution is 5.63. The summed E-state index contributed by atoms with van der Waals surface area (Å²) in [5.74, 6) is 0.191. The molecule has 2 rings (SSSR count). The summed E-state index contributed by atoms with van der Waals surface area (Å²) in [6.07, 6.45) is 2.90. The average Bonchev–Trinajstić information content (AvgIpc) is 3.05. The first-order valence-corrected chi connectivity index (χ1v) is 5.05. The van der Waals surface area contributed by atoms with Gasteiger partial charge in [-0.1, -0.05) is 6.07 Å². The van der Waals surface area contributed by atoms with Gasteiger partial charge in [0.1, 0.15) is 17.9 Å². The first kappa shape index (κ1) is 10.1. The monoisotopic (exact) mass is 208 g/mol. The third-order valence-electron chi connectivity index (χ3n) is 2.84. The van der Waals surface area contributed by atoms with E-state index in [4.69, 9.17) is 4.74 Å². The topological polar surface area (TPSA) is 26.3 Å². The second-order valence-corrected chi connectivity index (χ2v) is 3.89. The van der Waals surface area contributed by atoms with E-state index in [1.165, 1.54) is 13.2 Å². The van der Waals surface area contributed by atoms with Crippen molar-refractivity contribution in [2.45, 2.75) is 18.8 Å². The van der Waals surface area contributed by atoms with Crippen LogP contribution in [-0.4, -0.2) is 13.4 Å². The molecule has 1 saturated carbocycles. The quantitative estimate of drug-likeness (QED) is 0.711. The van der Waals surface area contributed by atoms with E-state index in [1.807, 2.05) is 0 Å². The van der Waals surface area contributed by atoms with Gasteiger partial charge in [-0.15, -0.1) is 0 Å². The summed E-state index contributed by atoms with van der Waals surface area (Å²) in [6.45, 7) is 0. The van der Waals surface area contributed by atoms with Gasteiger partial charge < -0.3 is 9.53 Å². The lowest BCUT2D eigenvalue weighted by Gasteiger charge is -2.11. The van der Waals surface area contributed by atoms with Crippen LogP contribution in [0.25, 0.3) is 0 Å². The van der Waals surface area contributed by atoms with Crippen LogP contribution in [0.5, 0.6) is 5.75 Å². The van der Waals surface area contributed by atoms with E-state index in [-0.39, 0.29) is 11.7 Å². The third-order valence-corrected chi connectivity index (χ3v) is 2.84. The average molecular weight is 208 g/mol. The largest absolute Gasteiger partial charge is 0.497 e. The Morgan fingerprint density at radius 2 is 2.27 bits per heavy atom. The van der Waals surface area contributed by atoms with Gasteiger partial charge in [-0.05, 0) is 30.4 Å². The molecule has 0 heterocycles. The Bertz CT molecular complexity index is 372. The van der Waals surface area contributed by atoms with Crippen molar-refractivity contribution >= 4 is 6.29 Å². The van der Waals surface area contributed by atoms with Crippen molar-refractivity contribution in [2.75, 3.05) is 7.11 Å². The van der Waals surface area contributed by atoms with E-state index < -0.39 is 0 Å². The molecule has 0 N–H and O–H groups in total. The van der Waals surface area contributed by atoms with Gasteiger partial charge in [-0.3, -0.25) is 0 Å². The summed E-state index contributed by atoms with van der Waals surface area (Å²) in [5.41, 5.74) is 0.494. The number of carbonyl (C=O) groups excluding carboxylic acids is 1. The molecule has 0 spiro atoms. The number of halogens is 1. The summed E-state index contributed by atoms with van der Waals surface area (Å²) in [7, 11) is 1.49. The Kier molecular flexibility index (Phi) is 2.71. The maximum atomic E-state index is 13.6. The summed E-state index contributed by atoms with van der Waals surface area (Å²) < 4.78 is 18.5. The van der Waals surface area contributed by atoms with Gasteiger partial charge in [0.2, 0.25) is 0 Å². The number of hydrogen-bond donors (Lipinski definition) is 0. The summed E-state index contributed by atoms with van der Waals surface area (Å²) in [4.78, 5) is 10.9. The molecule has 1 fully saturated rings. The molecule has 1 aliphatic rings. The molecule has 2 nitrogen and oxygen atoms in total. The molecule has 0 aromatic heterocycles. The van der Waals surface area contributed by atoms with Gasteiger partial charge in [-0.2, -0.15) is 0 Å². The van der Waals surface area contributed by atoms with Crippen molar-refractivity contribution in [2.24, 2.45) is 5.92 Å². The molecule has 0 bridgehead atoms. The van der Waals surface area contributed by atoms with E-state index in [2.05, 4.69) is 0 Å². The van der Waals surface area contributed by atoms with Gasteiger partial charge in [-0.25, -0.2) is 4.39 Å². The van der Waals surface area contributed by atoms with Crippen molar-refractivity contribution in [3.8, 4) is 5.75 Å². The Morgan fingerprint density at radius 1 is 1.53 bits per heavy atom. The smallest absolute Gasteiger partial charge is 0.130 e. The van der Waals surface area contributed by atoms with E-state index in [0.29, 0.717) is 17.2 Å². The first-order valence-electron chi connectivity index (χ1n) is 5.05. The van der Waals surface area contributed by atoms with Gasteiger partial charge in [0.05, 0.1) is 7.11 Å². The molecular formula is C12H13FO2. The Balaban J connectivity index is 2.30. The fraction of sp³-hybridized carbons (Fsp3) is 0.417. The number of carbonyl (C=O) groups is 1. The predicted molar refractivity (Wildman–Crippen MR) is 54.5 cm³/mol. The van der Waals surface area contributed by atoms with Crippen molar-refractivity contribution in [3.05, 3.63) is 29.6 Å². The SMILES string of the molecule is COc1ccc(C(C=O)C2CC2)c(F)c1. The zero-order valence-electron chi connectivity index (χ0n) is 8.57. The minimum Gasteiger partial charge on any atom is -0.497 e. The number of rotatable bonds is 4.